The molecule has 1 aromatic heterocycles. The molecule has 6 nitrogen and oxygen atoms in total. The largest absolute Gasteiger partial charge is 0.444 e. The molecule has 0 saturated carbocycles. The number of rotatable bonds is 1. The molecule has 114 valence electrons. The van der Waals surface area contributed by atoms with Crippen LogP contribution in [0.25, 0.3) is 0 Å². The maximum Gasteiger partial charge on any atom is 0.410 e. The summed E-state index contributed by atoms with van der Waals surface area (Å²) < 4.78 is 6.33. The molecule has 0 bridgehead atoms. The van der Waals surface area contributed by atoms with Crippen LogP contribution in [0.3, 0.4) is 0 Å². The number of halogens is 1. The molecule has 1 spiro atoms. The molecule has 2 fully saturated rings. The summed E-state index contributed by atoms with van der Waals surface area (Å²) in [7, 11) is 0. The van der Waals surface area contributed by atoms with Gasteiger partial charge in [0.05, 0.1) is 16.2 Å². The van der Waals surface area contributed by atoms with Gasteiger partial charge in [0.1, 0.15) is 11.9 Å². The zero-order valence-electron chi connectivity index (χ0n) is 12.4. The fourth-order valence-corrected chi connectivity index (χ4v) is 3.38. The second kappa shape index (κ2) is 4.91. The van der Waals surface area contributed by atoms with Gasteiger partial charge in [-0.2, -0.15) is 0 Å². The summed E-state index contributed by atoms with van der Waals surface area (Å²) in [6, 6.07) is -0.0639. The molecule has 1 atom stereocenters. The van der Waals surface area contributed by atoms with Crippen LogP contribution < -0.4 is 5.32 Å². The monoisotopic (exact) mass is 354 g/mol. The van der Waals surface area contributed by atoms with Crippen LogP contribution in [0.15, 0.2) is 17.0 Å². The quantitative estimate of drug-likeness (QED) is 0.836. The molecule has 1 aromatic rings. The van der Waals surface area contributed by atoms with E-state index in [0.717, 1.165) is 23.3 Å². The predicted octanol–water partition coefficient (Wildman–Crippen LogP) is 2.12. The smallest absolute Gasteiger partial charge is 0.410 e. The number of nitrogens with one attached hydrogen (secondary N) is 1. The molecule has 0 aromatic carbocycles. The molecule has 2 saturated heterocycles. The van der Waals surface area contributed by atoms with E-state index in [1.54, 1.807) is 11.1 Å². The Hall–Kier alpha value is -1.21. The van der Waals surface area contributed by atoms with E-state index < -0.39 is 5.60 Å². The van der Waals surface area contributed by atoms with E-state index in [1.807, 2.05) is 20.8 Å². The van der Waals surface area contributed by atoms with Gasteiger partial charge in [-0.05, 0) is 36.7 Å². The topological polar surface area (TPSA) is 67.3 Å². The Morgan fingerprint density at radius 2 is 2.24 bits per heavy atom. The molecular formula is C14H19BrN4O2. The lowest BCUT2D eigenvalue weighted by molar-refractivity contribution is -0.110. The third-order valence-electron chi connectivity index (χ3n) is 3.91. The Bertz CT molecular complexity index is 568. The first-order valence-electron chi connectivity index (χ1n) is 6.98. The molecule has 1 amide bonds. The van der Waals surface area contributed by atoms with E-state index in [1.165, 1.54) is 6.33 Å². The first-order valence-corrected chi connectivity index (χ1v) is 7.77. The SMILES string of the molecule is CC(C)(C)OC(=O)N1CC2(CNC2)C1c1ncncc1Br. The lowest BCUT2D eigenvalue weighted by Crippen LogP contribution is -2.73. The number of hydrogen-bond donors (Lipinski definition) is 1. The Balaban J connectivity index is 1.86. The van der Waals surface area contributed by atoms with Gasteiger partial charge >= 0.3 is 6.09 Å². The van der Waals surface area contributed by atoms with Crippen molar-refractivity contribution < 1.29 is 9.53 Å². The van der Waals surface area contributed by atoms with Crippen molar-refractivity contribution >= 4 is 22.0 Å². The molecule has 1 unspecified atom stereocenters. The fraction of sp³-hybridized carbons (Fsp3) is 0.643. The highest BCUT2D eigenvalue weighted by atomic mass is 79.9. The summed E-state index contributed by atoms with van der Waals surface area (Å²) in [4.78, 5) is 22.5. The van der Waals surface area contributed by atoms with Crippen LogP contribution >= 0.6 is 15.9 Å². The third-order valence-corrected chi connectivity index (χ3v) is 4.53. The van der Waals surface area contributed by atoms with Crippen molar-refractivity contribution in [1.82, 2.24) is 20.2 Å². The summed E-state index contributed by atoms with van der Waals surface area (Å²) in [5, 5.41) is 3.29. The summed E-state index contributed by atoms with van der Waals surface area (Å²) in [6.45, 7) is 8.12. The van der Waals surface area contributed by atoms with Crippen molar-refractivity contribution in [2.45, 2.75) is 32.4 Å². The second-order valence-electron chi connectivity index (χ2n) is 6.73. The minimum absolute atomic E-state index is 0.0639. The number of hydrogen-bond acceptors (Lipinski definition) is 5. The van der Waals surface area contributed by atoms with Gasteiger partial charge in [0, 0.05) is 31.2 Å². The Kier molecular flexibility index (Phi) is 3.44. The van der Waals surface area contributed by atoms with Crippen LogP contribution in [0.1, 0.15) is 32.5 Å². The molecule has 21 heavy (non-hydrogen) atoms. The molecule has 0 radical (unpaired) electrons. The number of amides is 1. The van der Waals surface area contributed by atoms with Gasteiger partial charge in [0.2, 0.25) is 0 Å². The second-order valence-corrected chi connectivity index (χ2v) is 7.59. The van der Waals surface area contributed by atoms with Crippen molar-refractivity contribution in [3.8, 4) is 0 Å². The number of nitrogens with zero attached hydrogens (tertiary/aromatic N) is 3. The number of carbonyl (C=O) groups is 1. The van der Waals surface area contributed by atoms with Crippen LogP contribution in [0.2, 0.25) is 0 Å². The maximum atomic E-state index is 12.4. The fourth-order valence-electron chi connectivity index (χ4n) is 2.94. The van der Waals surface area contributed by atoms with Crippen molar-refractivity contribution in [2.24, 2.45) is 5.41 Å². The molecule has 0 aliphatic carbocycles. The Morgan fingerprint density at radius 1 is 1.52 bits per heavy atom. The normalized spacial score (nSPS) is 23.4. The van der Waals surface area contributed by atoms with Gasteiger partial charge in [-0.1, -0.05) is 0 Å². The third kappa shape index (κ3) is 2.53. The van der Waals surface area contributed by atoms with Crippen LogP contribution in [0, 0.1) is 5.41 Å². The summed E-state index contributed by atoms with van der Waals surface area (Å²) in [5.41, 5.74) is 0.433. The van der Waals surface area contributed by atoms with Gasteiger partial charge in [0.15, 0.2) is 0 Å². The first kappa shape index (κ1) is 14.7. The standard InChI is InChI=1S/C14H19BrN4O2/c1-13(2,3)21-12(20)19-7-14(5-17-6-14)11(19)10-9(15)4-16-8-18-10/h4,8,11,17H,5-7H2,1-3H3. The first-order chi connectivity index (χ1) is 9.82. The van der Waals surface area contributed by atoms with Gasteiger partial charge in [-0.25, -0.2) is 14.8 Å². The molecule has 2 aliphatic heterocycles. The summed E-state index contributed by atoms with van der Waals surface area (Å²) in [6.07, 6.45) is 2.95. The lowest BCUT2D eigenvalue weighted by Gasteiger charge is -2.61. The highest BCUT2D eigenvalue weighted by Gasteiger charge is 2.60. The van der Waals surface area contributed by atoms with Crippen LogP contribution in [0.5, 0.6) is 0 Å². The average Bonchev–Trinajstić information content (AvgIpc) is 2.26. The Morgan fingerprint density at radius 3 is 2.76 bits per heavy atom. The minimum Gasteiger partial charge on any atom is -0.444 e. The van der Waals surface area contributed by atoms with Crippen LogP contribution in [-0.2, 0) is 4.74 Å². The van der Waals surface area contributed by atoms with E-state index in [0.29, 0.717) is 6.54 Å². The summed E-state index contributed by atoms with van der Waals surface area (Å²) in [5.74, 6) is 0. The average molecular weight is 355 g/mol. The van der Waals surface area contributed by atoms with Gasteiger partial charge < -0.3 is 10.1 Å². The molecular weight excluding hydrogens is 336 g/mol. The van der Waals surface area contributed by atoms with Crippen LogP contribution in [0.4, 0.5) is 4.79 Å². The Labute approximate surface area is 132 Å². The number of likely N-dealkylation sites (tertiary alicyclic amines) is 1. The van der Waals surface area contributed by atoms with E-state index in [2.05, 4.69) is 31.2 Å². The minimum atomic E-state index is -0.495. The number of ether oxygens (including phenoxy) is 1. The van der Waals surface area contributed by atoms with Crippen molar-refractivity contribution in [3.05, 3.63) is 22.7 Å². The zero-order chi connectivity index (χ0) is 15.3. The zero-order valence-corrected chi connectivity index (χ0v) is 14.0. The molecule has 2 aliphatic rings. The van der Waals surface area contributed by atoms with E-state index in [9.17, 15) is 4.79 Å². The van der Waals surface area contributed by atoms with Gasteiger partial charge in [-0.15, -0.1) is 0 Å². The van der Waals surface area contributed by atoms with Crippen molar-refractivity contribution in [2.75, 3.05) is 19.6 Å². The van der Waals surface area contributed by atoms with Crippen molar-refractivity contribution in [1.29, 1.82) is 0 Å². The van der Waals surface area contributed by atoms with Gasteiger partial charge in [-0.3, -0.25) is 4.90 Å². The molecule has 3 heterocycles. The number of carbonyl (C=O) groups excluding carboxylic acids is 1. The highest BCUT2D eigenvalue weighted by molar-refractivity contribution is 9.10. The molecule has 7 heteroatoms. The predicted molar refractivity (Wildman–Crippen MR) is 80.7 cm³/mol. The van der Waals surface area contributed by atoms with Crippen LogP contribution in [-0.4, -0.2) is 46.2 Å². The highest BCUT2D eigenvalue weighted by Crippen LogP contribution is 2.52. The van der Waals surface area contributed by atoms with E-state index >= 15 is 0 Å². The van der Waals surface area contributed by atoms with Crippen molar-refractivity contribution in [3.63, 3.8) is 0 Å². The molecule has 1 N–H and O–H groups in total. The molecule has 3 rings (SSSR count). The van der Waals surface area contributed by atoms with Gasteiger partial charge in [0.25, 0.3) is 0 Å². The lowest BCUT2D eigenvalue weighted by atomic mass is 9.66. The maximum absolute atomic E-state index is 12.4. The summed E-state index contributed by atoms with van der Waals surface area (Å²) >= 11 is 3.49. The van der Waals surface area contributed by atoms with E-state index in [4.69, 9.17) is 4.74 Å². The van der Waals surface area contributed by atoms with E-state index in [-0.39, 0.29) is 17.6 Å². The number of aromatic nitrogens is 2.